The maximum atomic E-state index is 12.4. The maximum absolute atomic E-state index is 12.4. The lowest BCUT2D eigenvalue weighted by molar-refractivity contribution is -0.116. The Hall–Kier alpha value is -2.69. The first-order valence-electron chi connectivity index (χ1n) is 7.86. The SMILES string of the molecule is CC[C@H](C)c1ccccc1NC(=O)Cn1nnc2ccccc21. The van der Waals surface area contributed by atoms with E-state index in [0.29, 0.717) is 5.92 Å². The van der Waals surface area contributed by atoms with E-state index >= 15 is 0 Å². The lowest BCUT2D eigenvalue weighted by atomic mass is 9.97. The number of para-hydroxylation sites is 2. The van der Waals surface area contributed by atoms with Crippen LogP contribution >= 0.6 is 0 Å². The molecule has 1 amide bonds. The van der Waals surface area contributed by atoms with Crippen molar-refractivity contribution in [2.24, 2.45) is 0 Å². The Morgan fingerprint density at radius 3 is 2.74 bits per heavy atom. The van der Waals surface area contributed by atoms with Gasteiger partial charge >= 0.3 is 0 Å². The van der Waals surface area contributed by atoms with E-state index in [1.807, 2.05) is 42.5 Å². The fraction of sp³-hybridized carbons (Fsp3) is 0.278. The van der Waals surface area contributed by atoms with Crippen molar-refractivity contribution in [3.63, 3.8) is 0 Å². The van der Waals surface area contributed by atoms with Gasteiger partial charge in [0, 0.05) is 5.69 Å². The van der Waals surface area contributed by atoms with Crippen LogP contribution in [0.1, 0.15) is 31.7 Å². The van der Waals surface area contributed by atoms with E-state index in [4.69, 9.17) is 0 Å². The molecule has 0 saturated carbocycles. The average Bonchev–Trinajstić information content (AvgIpc) is 2.98. The van der Waals surface area contributed by atoms with Crippen molar-refractivity contribution in [1.29, 1.82) is 0 Å². The van der Waals surface area contributed by atoms with Gasteiger partial charge in [-0.1, -0.05) is 49.4 Å². The summed E-state index contributed by atoms with van der Waals surface area (Å²) in [6.45, 7) is 4.45. The molecule has 0 radical (unpaired) electrons. The summed E-state index contributed by atoms with van der Waals surface area (Å²) in [7, 11) is 0. The van der Waals surface area contributed by atoms with E-state index in [1.165, 1.54) is 0 Å². The summed E-state index contributed by atoms with van der Waals surface area (Å²) in [4.78, 5) is 12.4. The summed E-state index contributed by atoms with van der Waals surface area (Å²) in [5.74, 6) is 0.301. The largest absolute Gasteiger partial charge is 0.324 e. The van der Waals surface area contributed by atoms with E-state index in [0.717, 1.165) is 28.7 Å². The second-order valence-corrected chi connectivity index (χ2v) is 5.68. The molecule has 1 N–H and O–H groups in total. The van der Waals surface area contributed by atoms with Gasteiger partial charge in [0.05, 0.1) is 5.52 Å². The minimum atomic E-state index is -0.101. The zero-order valence-electron chi connectivity index (χ0n) is 13.4. The van der Waals surface area contributed by atoms with Gasteiger partial charge in [0.15, 0.2) is 0 Å². The number of benzene rings is 2. The van der Waals surface area contributed by atoms with Gasteiger partial charge < -0.3 is 5.32 Å². The summed E-state index contributed by atoms with van der Waals surface area (Å²) < 4.78 is 1.62. The molecule has 0 saturated heterocycles. The molecule has 3 aromatic rings. The molecule has 0 fully saturated rings. The molecular weight excluding hydrogens is 288 g/mol. The number of nitrogens with one attached hydrogen (secondary N) is 1. The second kappa shape index (κ2) is 6.60. The predicted octanol–water partition coefficient (Wildman–Crippen LogP) is 3.58. The monoisotopic (exact) mass is 308 g/mol. The van der Waals surface area contributed by atoms with Crippen molar-refractivity contribution in [1.82, 2.24) is 15.0 Å². The van der Waals surface area contributed by atoms with Crippen LogP contribution in [0.4, 0.5) is 5.69 Å². The van der Waals surface area contributed by atoms with Crippen LogP contribution in [0.15, 0.2) is 48.5 Å². The third-order valence-corrected chi connectivity index (χ3v) is 4.09. The van der Waals surface area contributed by atoms with Gasteiger partial charge in [-0.15, -0.1) is 5.10 Å². The summed E-state index contributed by atoms with van der Waals surface area (Å²) >= 11 is 0. The molecule has 0 bridgehead atoms. The summed E-state index contributed by atoms with van der Waals surface area (Å²) in [6.07, 6.45) is 1.03. The first kappa shape index (κ1) is 15.2. The van der Waals surface area contributed by atoms with Gasteiger partial charge in [0.25, 0.3) is 0 Å². The topological polar surface area (TPSA) is 59.8 Å². The minimum Gasteiger partial charge on any atom is -0.324 e. The van der Waals surface area contributed by atoms with Crippen LogP contribution in [0.5, 0.6) is 0 Å². The van der Waals surface area contributed by atoms with Gasteiger partial charge in [-0.3, -0.25) is 4.79 Å². The van der Waals surface area contributed by atoms with Crippen LogP contribution in [0.25, 0.3) is 11.0 Å². The number of aromatic nitrogens is 3. The number of nitrogens with zero attached hydrogens (tertiary/aromatic N) is 3. The van der Waals surface area contributed by atoms with E-state index in [9.17, 15) is 4.79 Å². The number of anilines is 1. The van der Waals surface area contributed by atoms with Crippen molar-refractivity contribution >= 4 is 22.6 Å². The van der Waals surface area contributed by atoms with Gasteiger partial charge in [0.1, 0.15) is 12.1 Å². The van der Waals surface area contributed by atoms with Crippen LogP contribution in [0.2, 0.25) is 0 Å². The van der Waals surface area contributed by atoms with Crippen LogP contribution in [-0.2, 0) is 11.3 Å². The summed E-state index contributed by atoms with van der Waals surface area (Å²) in [6, 6.07) is 15.6. The van der Waals surface area contributed by atoms with Crippen molar-refractivity contribution in [3.05, 3.63) is 54.1 Å². The quantitative estimate of drug-likeness (QED) is 0.783. The number of carbonyl (C=O) groups is 1. The Labute approximate surface area is 135 Å². The number of fused-ring (bicyclic) bond motifs is 1. The van der Waals surface area contributed by atoms with Gasteiger partial charge in [-0.05, 0) is 36.1 Å². The highest BCUT2D eigenvalue weighted by atomic mass is 16.2. The smallest absolute Gasteiger partial charge is 0.246 e. The van der Waals surface area contributed by atoms with Gasteiger partial charge in [-0.25, -0.2) is 4.68 Å². The molecule has 1 atom stereocenters. The Morgan fingerprint density at radius 2 is 1.91 bits per heavy atom. The predicted molar refractivity (Wildman–Crippen MR) is 91.3 cm³/mol. The number of hydrogen-bond donors (Lipinski definition) is 1. The normalized spacial score (nSPS) is 12.3. The Balaban J connectivity index is 1.78. The summed E-state index contributed by atoms with van der Waals surface area (Å²) in [5.41, 5.74) is 3.68. The Morgan fingerprint density at radius 1 is 1.17 bits per heavy atom. The first-order valence-corrected chi connectivity index (χ1v) is 7.86. The maximum Gasteiger partial charge on any atom is 0.246 e. The molecule has 1 heterocycles. The van der Waals surface area contributed by atoms with E-state index < -0.39 is 0 Å². The number of carbonyl (C=O) groups excluding carboxylic acids is 1. The molecule has 0 unspecified atom stereocenters. The average molecular weight is 308 g/mol. The number of amides is 1. The highest BCUT2D eigenvalue weighted by molar-refractivity contribution is 5.92. The van der Waals surface area contributed by atoms with Crippen molar-refractivity contribution in [2.45, 2.75) is 32.7 Å². The summed E-state index contributed by atoms with van der Waals surface area (Å²) in [5, 5.41) is 11.1. The standard InChI is InChI=1S/C18H20N4O/c1-3-13(2)14-8-4-5-9-15(14)19-18(23)12-22-17-11-7-6-10-16(17)20-21-22/h4-11,13H,3,12H2,1-2H3,(H,19,23)/t13-/m0/s1. The number of hydrogen-bond acceptors (Lipinski definition) is 3. The molecule has 118 valence electrons. The first-order chi connectivity index (χ1) is 11.2. The highest BCUT2D eigenvalue weighted by Crippen LogP contribution is 2.26. The molecule has 3 rings (SSSR count). The van der Waals surface area contributed by atoms with Crippen LogP contribution in [0, 0.1) is 0 Å². The van der Waals surface area contributed by atoms with E-state index in [-0.39, 0.29) is 12.5 Å². The van der Waals surface area contributed by atoms with Crippen LogP contribution in [-0.4, -0.2) is 20.9 Å². The minimum absolute atomic E-state index is 0.101. The molecule has 0 aliphatic rings. The lowest BCUT2D eigenvalue weighted by Gasteiger charge is -2.15. The molecule has 23 heavy (non-hydrogen) atoms. The van der Waals surface area contributed by atoms with Crippen LogP contribution < -0.4 is 5.32 Å². The highest BCUT2D eigenvalue weighted by Gasteiger charge is 2.13. The third-order valence-electron chi connectivity index (χ3n) is 4.09. The van der Waals surface area contributed by atoms with Gasteiger partial charge in [-0.2, -0.15) is 0 Å². The fourth-order valence-corrected chi connectivity index (χ4v) is 2.62. The van der Waals surface area contributed by atoms with E-state index in [1.54, 1.807) is 4.68 Å². The molecule has 0 aliphatic carbocycles. The lowest BCUT2D eigenvalue weighted by Crippen LogP contribution is -2.20. The zero-order chi connectivity index (χ0) is 16.2. The fourth-order valence-electron chi connectivity index (χ4n) is 2.62. The zero-order valence-corrected chi connectivity index (χ0v) is 13.4. The molecule has 0 spiro atoms. The molecule has 2 aromatic carbocycles. The molecule has 5 heteroatoms. The molecule has 0 aliphatic heterocycles. The van der Waals surface area contributed by atoms with Crippen molar-refractivity contribution in [2.75, 3.05) is 5.32 Å². The number of rotatable bonds is 5. The van der Waals surface area contributed by atoms with Crippen LogP contribution in [0.3, 0.4) is 0 Å². The molecular formula is C18H20N4O. The second-order valence-electron chi connectivity index (χ2n) is 5.68. The van der Waals surface area contributed by atoms with Crippen molar-refractivity contribution in [3.8, 4) is 0 Å². The van der Waals surface area contributed by atoms with Crippen molar-refractivity contribution < 1.29 is 4.79 Å². The molecule has 1 aromatic heterocycles. The Bertz CT molecular complexity index is 825. The molecule has 5 nitrogen and oxygen atoms in total. The van der Waals surface area contributed by atoms with Gasteiger partial charge in [0.2, 0.25) is 5.91 Å². The Kier molecular flexibility index (Phi) is 4.37. The van der Waals surface area contributed by atoms with E-state index in [2.05, 4.69) is 35.5 Å². The third kappa shape index (κ3) is 3.23.